The van der Waals surface area contributed by atoms with Crippen LogP contribution in [-0.4, -0.2) is 75.3 Å². The fraction of sp³-hybridized carbons (Fsp3) is 0.643. The van der Waals surface area contributed by atoms with Gasteiger partial charge < -0.3 is 37.0 Å². The maximum Gasteiger partial charge on any atom is 0.325 e. The van der Waals surface area contributed by atoms with E-state index in [1.165, 1.54) is 20.8 Å². The van der Waals surface area contributed by atoms with E-state index in [-0.39, 0.29) is 0 Å². The Bertz CT molecular complexity index is 565. The van der Waals surface area contributed by atoms with Gasteiger partial charge in [-0.3, -0.25) is 24.0 Å². The number of nitrogens with two attached hydrogens (primary N) is 1. The molecule has 0 aliphatic heterocycles. The topological polar surface area (TPSA) is 208 Å². The average Bonchev–Trinajstić information content (AvgIpc) is 2.50. The third-order valence-electron chi connectivity index (χ3n) is 3.28. The summed E-state index contributed by atoms with van der Waals surface area (Å²) in [7, 11) is 0. The van der Waals surface area contributed by atoms with Crippen LogP contribution in [0.25, 0.3) is 0 Å². The van der Waals surface area contributed by atoms with Gasteiger partial charge in [-0.1, -0.05) is 0 Å². The molecule has 5 atom stereocenters. The molecular formula is C14H24N4O8. The SMILES string of the molecule is CC(NC(=O)C(NC(=O)C(C)NC(=O)C(N)CC(=O)O)C(C)O)C(=O)O. The van der Waals surface area contributed by atoms with Crippen LogP contribution in [0.2, 0.25) is 0 Å². The van der Waals surface area contributed by atoms with Gasteiger partial charge in [-0.05, 0) is 20.8 Å². The van der Waals surface area contributed by atoms with Crippen molar-refractivity contribution < 1.29 is 39.3 Å². The van der Waals surface area contributed by atoms with Gasteiger partial charge in [-0.2, -0.15) is 0 Å². The Balaban J connectivity index is 4.84. The number of carbonyl (C=O) groups excluding carboxylic acids is 3. The first kappa shape index (κ1) is 23.3. The molecule has 0 fully saturated rings. The summed E-state index contributed by atoms with van der Waals surface area (Å²) in [5.74, 6) is -5.26. The molecule has 0 radical (unpaired) electrons. The fourth-order valence-electron chi connectivity index (χ4n) is 1.72. The summed E-state index contributed by atoms with van der Waals surface area (Å²) < 4.78 is 0. The van der Waals surface area contributed by atoms with E-state index < -0.39 is 66.4 Å². The van der Waals surface area contributed by atoms with E-state index >= 15 is 0 Å². The Morgan fingerprint density at radius 3 is 1.77 bits per heavy atom. The lowest BCUT2D eigenvalue weighted by molar-refractivity contribution is -0.142. The van der Waals surface area contributed by atoms with Gasteiger partial charge in [-0.25, -0.2) is 0 Å². The standard InChI is InChI=1S/C14H24N4O8/c1-5(16-12(23)8(15)4-9(20)21)11(22)18-10(7(3)19)13(24)17-6(2)14(25)26/h5-8,10,19H,4,15H2,1-3H3,(H,16,23)(H,17,24)(H,18,22)(H,20,21)(H,25,26). The van der Waals surface area contributed by atoms with Crippen LogP contribution in [0.3, 0.4) is 0 Å². The maximum absolute atomic E-state index is 12.1. The van der Waals surface area contributed by atoms with E-state index in [4.69, 9.17) is 15.9 Å². The second-order valence-electron chi connectivity index (χ2n) is 5.73. The molecule has 8 N–H and O–H groups in total. The van der Waals surface area contributed by atoms with Gasteiger partial charge >= 0.3 is 11.9 Å². The van der Waals surface area contributed by atoms with Crippen LogP contribution in [0.4, 0.5) is 0 Å². The monoisotopic (exact) mass is 376 g/mol. The minimum atomic E-state index is -1.46. The molecule has 12 heteroatoms. The Morgan fingerprint density at radius 2 is 1.35 bits per heavy atom. The molecule has 148 valence electrons. The van der Waals surface area contributed by atoms with Crippen LogP contribution in [0.15, 0.2) is 0 Å². The Hall–Kier alpha value is -2.73. The lowest BCUT2D eigenvalue weighted by atomic mass is 10.1. The zero-order chi connectivity index (χ0) is 20.6. The first-order valence-corrected chi connectivity index (χ1v) is 7.66. The van der Waals surface area contributed by atoms with Crippen molar-refractivity contribution in [1.82, 2.24) is 16.0 Å². The van der Waals surface area contributed by atoms with Gasteiger partial charge in [0.05, 0.1) is 18.6 Å². The van der Waals surface area contributed by atoms with Crippen molar-refractivity contribution in [3.8, 4) is 0 Å². The first-order chi connectivity index (χ1) is 11.9. The predicted octanol–water partition coefficient (Wildman–Crippen LogP) is -3.25. The first-order valence-electron chi connectivity index (χ1n) is 7.66. The second kappa shape index (κ2) is 10.3. The smallest absolute Gasteiger partial charge is 0.325 e. The highest BCUT2D eigenvalue weighted by molar-refractivity contribution is 5.94. The van der Waals surface area contributed by atoms with Crippen molar-refractivity contribution in [3.05, 3.63) is 0 Å². The molecule has 12 nitrogen and oxygen atoms in total. The summed E-state index contributed by atoms with van der Waals surface area (Å²) in [5.41, 5.74) is 5.36. The Labute approximate surface area is 149 Å². The molecule has 0 aromatic rings. The van der Waals surface area contributed by atoms with E-state index in [1.54, 1.807) is 0 Å². The number of amides is 3. The number of nitrogens with one attached hydrogen (secondary N) is 3. The van der Waals surface area contributed by atoms with Crippen molar-refractivity contribution in [3.63, 3.8) is 0 Å². The van der Waals surface area contributed by atoms with E-state index in [0.717, 1.165) is 0 Å². The number of rotatable bonds is 10. The number of carboxylic acids is 2. The van der Waals surface area contributed by atoms with Crippen LogP contribution < -0.4 is 21.7 Å². The summed E-state index contributed by atoms with van der Waals surface area (Å²) in [5, 5.41) is 33.4. The number of carboxylic acid groups (broad SMARTS) is 2. The zero-order valence-electron chi connectivity index (χ0n) is 14.6. The van der Waals surface area contributed by atoms with Crippen molar-refractivity contribution in [1.29, 1.82) is 0 Å². The molecule has 0 spiro atoms. The fourth-order valence-corrected chi connectivity index (χ4v) is 1.72. The summed E-state index contributed by atoms with van der Waals surface area (Å²) >= 11 is 0. The minimum Gasteiger partial charge on any atom is -0.481 e. The third-order valence-corrected chi connectivity index (χ3v) is 3.28. The lowest BCUT2D eigenvalue weighted by Crippen LogP contribution is -2.59. The molecule has 0 aliphatic rings. The number of hydrogen-bond acceptors (Lipinski definition) is 7. The summed E-state index contributed by atoms with van der Waals surface area (Å²) in [6.07, 6.45) is -1.98. The summed E-state index contributed by atoms with van der Waals surface area (Å²) in [6, 6.07) is -5.26. The highest BCUT2D eigenvalue weighted by atomic mass is 16.4. The molecule has 0 saturated heterocycles. The summed E-state index contributed by atoms with van der Waals surface area (Å²) in [6.45, 7) is 3.67. The van der Waals surface area contributed by atoms with Gasteiger partial charge in [0, 0.05) is 0 Å². The molecule has 0 aliphatic carbocycles. The molecular weight excluding hydrogens is 352 g/mol. The van der Waals surface area contributed by atoms with Crippen LogP contribution in [0.5, 0.6) is 0 Å². The van der Waals surface area contributed by atoms with Crippen molar-refractivity contribution >= 4 is 29.7 Å². The van der Waals surface area contributed by atoms with Crippen LogP contribution in [-0.2, 0) is 24.0 Å². The molecule has 5 unspecified atom stereocenters. The lowest BCUT2D eigenvalue weighted by Gasteiger charge is -2.24. The normalized spacial score (nSPS) is 16.3. The largest absolute Gasteiger partial charge is 0.481 e. The molecule has 0 saturated carbocycles. The van der Waals surface area contributed by atoms with Crippen molar-refractivity contribution in [2.75, 3.05) is 0 Å². The maximum atomic E-state index is 12.1. The van der Waals surface area contributed by atoms with Crippen LogP contribution in [0.1, 0.15) is 27.2 Å². The third kappa shape index (κ3) is 7.90. The number of aliphatic carboxylic acids is 2. The number of carbonyl (C=O) groups is 5. The van der Waals surface area contributed by atoms with Crippen molar-refractivity contribution in [2.24, 2.45) is 5.73 Å². The van der Waals surface area contributed by atoms with Gasteiger partial charge in [-0.15, -0.1) is 0 Å². The quantitative estimate of drug-likeness (QED) is 0.204. The molecule has 0 bridgehead atoms. The van der Waals surface area contributed by atoms with Gasteiger partial charge in [0.2, 0.25) is 17.7 Å². The van der Waals surface area contributed by atoms with E-state index in [1.807, 2.05) is 0 Å². The highest BCUT2D eigenvalue weighted by Gasteiger charge is 2.30. The van der Waals surface area contributed by atoms with Gasteiger partial charge in [0.25, 0.3) is 0 Å². The average molecular weight is 376 g/mol. The predicted molar refractivity (Wildman–Crippen MR) is 86.7 cm³/mol. The molecule has 3 amide bonds. The number of aliphatic hydroxyl groups is 1. The zero-order valence-corrected chi connectivity index (χ0v) is 14.6. The molecule has 0 aromatic heterocycles. The van der Waals surface area contributed by atoms with Gasteiger partial charge in [0.1, 0.15) is 18.1 Å². The van der Waals surface area contributed by atoms with E-state index in [0.29, 0.717) is 0 Å². The number of aliphatic hydroxyl groups excluding tert-OH is 1. The summed E-state index contributed by atoms with van der Waals surface area (Å²) in [4.78, 5) is 57.0. The van der Waals surface area contributed by atoms with Crippen molar-refractivity contribution in [2.45, 2.75) is 57.5 Å². The number of hydrogen-bond donors (Lipinski definition) is 7. The molecule has 0 aromatic carbocycles. The van der Waals surface area contributed by atoms with Crippen LogP contribution in [0, 0.1) is 0 Å². The van der Waals surface area contributed by atoms with E-state index in [9.17, 15) is 29.1 Å². The Morgan fingerprint density at radius 1 is 0.846 bits per heavy atom. The molecule has 26 heavy (non-hydrogen) atoms. The Kier molecular flexibility index (Phi) is 9.22. The van der Waals surface area contributed by atoms with Crippen LogP contribution >= 0.6 is 0 Å². The highest BCUT2D eigenvalue weighted by Crippen LogP contribution is 1.98. The molecule has 0 heterocycles. The second-order valence-corrected chi connectivity index (χ2v) is 5.73. The van der Waals surface area contributed by atoms with Gasteiger partial charge in [0.15, 0.2) is 0 Å². The minimum absolute atomic E-state index is 0.633. The molecule has 0 rings (SSSR count). The van der Waals surface area contributed by atoms with E-state index in [2.05, 4.69) is 16.0 Å².